The molecule has 0 saturated carbocycles. The van der Waals surface area contributed by atoms with Gasteiger partial charge in [0.1, 0.15) is 5.75 Å². The Kier molecular flexibility index (Phi) is 13.4. The van der Waals surface area contributed by atoms with Gasteiger partial charge in [0.2, 0.25) is 0 Å². The number of ether oxygens (including phenoxy) is 2. The Bertz CT molecular complexity index is 971. The van der Waals surface area contributed by atoms with Crippen molar-refractivity contribution in [2.45, 2.75) is 90.4 Å². The second-order valence-corrected chi connectivity index (χ2v) is 9.87. The SMILES string of the molecule is CCCCCCCCCOc1ccc(-c2ncc(OCCCCCCCCN3C(=O)C=CC3=O)cn2)cc1. The van der Waals surface area contributed by atoms with Crippen LogP contribution in [0.4, 0.5) is 0 Å². The first-order valence-corrected chi connectivity index (χ1v) is 14.4. The van der Waals surface area contributed by atoms with Gasteiger partial charge >= 0.3 is 0 Å². The molecule has 1 aromatic carbocycles. The number of unbranched alkanes of at least 4 members (excludes halogenated alkanes) is 11. The lowest BCUT2D eigenvalue weighted by atomic mass is 10.1. The Morgan fingerprint density at radius 2 is 1.13 bits per heavy atom. The van der Waals surface area contributed by atoms with Gasteiger partial charge in [-0.15, -0.1) is 0 Å². The van der Waals surface area contributed by atoms with E-state index in [1.165, 1.54) is 55.6 Å². The van der Waals surface area contributed by atoms with Crippen LogP contribution in [0.2, 0.25) is 0 Å². The zero-order valence-electron chi connectivity index (χ0n) is 22.9. The van der Waals surface area contributed by atoms with Crippen LogP contribution in [-0.2, 0) is 9.59 Å². The number of amides is 2. The van der Waals surface area contributed by atoms with E-state index in [1.807, 2.05) is 24.3 Å². The smallest absolute Gasteiger partial charge is 0.253 e. The van der Waals surface area contributed by atoms with Gasteiger partial charge in [0.25, 0.3) is 11.8 Å². The highest BCUT2D eigenvalue weighted by molar-refractivity contribution is 6.12. The summed E-state index contributed by atoms with van der Waals surface area (Å²) in [6.45, 7) is 4.16. The number of benzene rings is 1. The molecule has 0 atom stereocenters. The molecule has 2 aromatic rings. The van der Waals surface area contributed by atoms with Crippen molar-refractivity contribution in [2.24, 2.45) is 0 Å². The molecule has 0 saturated heterocycles. The monoisotopic (exact) mass is 521 g/mol. The van der Waals surface area contributed by atoms with Gasteiger partial charge in [-0.1, -0.05) is 71.1 Å². The third-order valence-corrected chi connectivity index (χ3v) is 6.70. The Morgan fingerprint density at radius 1 is 0.632 bits per heavy atom. The Hall–Kier alpha value is -3.22. The van der Waals surface area contributed by atoms with Crippen LogP contribution in [0, 0.1) is 0 Å². The molecule has 0 N–H and O–H groups in total. The van der Waals surface area contributed by atoms with Gasteiger partial charge < -0.3 is 9.47 Å². The molecule has 0 radical (unpaired) electrons. The number of rotatable bonds is 20. The molecule has 7 heteroatoms. The molecule has 7 nitrogen and oxygen atoms in total. The summed E-state index contributed by atoms with van der Waals surface area (Å²) in [5.41, 5.74) is 0.953. The fourth-order valence-corrected chi connectivity index (χ4v) is 4.41. The van der Waals surface area contributed by atoms with Crippen molar-refractivity contribution in [3.8, 4) is 22.9 Å². The number of hydrogen-bond donors (Lipinski definition) is 0. The summed E-state index contributed by atoms with van der Waals surface area (Å²) in [6.07, 6.45) is 21.2. The summed E-state index contributed by atoms with van der Waals surface area (Å²) in [4.78, 5) is 33.2. The zero-order chi connectivity index (χ0) is 26.8. The van der Waals surface area contributed by atoms with Gasteiger partial charge in [0.15, 0.2) is 11.6 Å². The molecule has 0 unspecified atom stereocenters. The van der Waals surface area contributed by atoms with Crippen LogP contribution < -0.4 is 9.47 Å². The lowest BCUT2D eigenvalue weighted by Gasteiger charge is -2.13. The predicted molar refractivity (Wildman–Crippen MR) is 150 cm³/mol. The summed E-state index contributed by atoms with van der Waals surface area (Å²) in [5, 5.41) is 0. The van der Waals surface area contributed by atoms with Gasteiger partial charge in [-0.25, -0.2) is 9.97 Å². The molecule has 206 valence electrons. The fourth-order valence-electron chi connectivity index (χ4n) is 4.41. The number of carbonyl (C=O) groups is 2. The van der Waals surface area contributed by atoms with E-state index in [-0.39, 0.29) is 11.8 Å². The van der Waals surface area contributed by atoms with E-state index >= 15 is 0 Å². The predicted octanol–water partition coefficient (Wildman–Crippen LogP) is 6.92. The van der Waals surface area contributed by atoms with Crippen LogP contribution in [0.15, 0.2) is 48.8 Å². The Labute approximate surface area is 227 Å². The molecule has 0 aliphatic carbocycles. The van der Waals surface area contributed by atoms with E-state index in [0.29, 0.717) is 24.7 Å². The maximum Gasteiger partial charge on any atom is 0.253 e. The molecule has 1 aliphatic heterocycles. The Morgan fingerprint density at radius 3 is 1.71 bits per heavy atom. The van der Waals surface area contributed by atoms with Crippen LogP contribution >= 0.6 is 0 Å². The normalized spacial score (nSPS) is 12.9. The molecule has 2 heterocycles. The van der Waals surface area contributed by atoms with Gasteiger partial charge in [-0.2, -0.15) is 0 Å². The van der Waals surface area contributed by atoms with Crippen molar-refractivity contribution in [1.82, 2.24) is 14.9 Å². The minimum Gasteiger partial charge on any atom is -0.494 e. The third kappa shape index (κ3) is 10.6. The van der Waals surface area contributed by atoms with E-state index in [2.05, 4.69) is 16.9 Å². The molecule has 1 aliphatic rings. The van der Waals surface area contributed by atoms with Crippen molar-refractivity contribution < 1.29 is 19.1 Å². The summed E-state index contributed by atoms with van der Waals surface area (Å²) >= 11 is 0. The maximum absolute atomic E-state index is 11.5. The van der Waals surface area contributed by atoms with Crippen LogP contribution in [0.25, 0.3) is 11.4 Å². The van der Waals surface area contributed by atoms with E-state index in [1.54, 1.807) is 12.4 Å². The summed E-state index contributed by atoms with van der Waals surface area (Å²) in [5.74, 6) is 1.84. The van der Waals surface area contributed by atoms with Crippen LogP contribution in [0.5, 0.6) is 11.5 Å². The minimum atomic E-state index is -0.194. The number of aromatic nitrogens is 2. The quantitative estimate of drug-likeness (QED) is 0.139. The number of hydrogen-bond acceptors (Lipinski definition) is 6. The highest BCUT2D eigenvalue weighted by Gasteiger charge is 2.22. The minimum absolute atomic E-state index is 0.194. The summed E-state index contributed by atoms with van der Waals surface area (Å²) in [7, 11) is 0. The van der Waals surface area contributed by atoms with Crippen molar-refractivity contribution in [3.63, 3.8) is 0 Å². The topological polar surface area (TPSA) is 81.6 Å². The average molecular weight is 522 g/mol. The van der Waals surface area contributed by atoms with E-state index in [0.717, 1.165) is 62.9 Å². The van der Waals surface area contributed by atoms with Crippen molar-refractivity contribution in [3.05, 3.63) is 48.8 Å². The maximum atomic E-state index is 11.5. The third-order valence-electron chi connectivity index (χ3n) is 6.70. The molecule has 0 spiro atoms. The average Bonchev–Trinajstić information content (AvgIpc) is 3.26. The van der Waals surface area contributed by atoms with E-state index in [4.69, 9.17) is 9.47 Å². The van der Waals surface area contributed by atoms with Crippen molar-refractivity contribution in [1.29, 1.82) is 0 Å². The van der Waals surface area contributed by atoms with Crippen molar-refractivity contribution in [2.75, 3.05) is 19.8 Å². The van der Waals surface area contributed by atoms with Crippen LogP contribution in [0.1, 0.15) is 90.4 Å². The number of nitrogens with zero attached hydrogens (tertiary/aromatic N) is 3. The standard InChI is InChI=1S/C31H43N3O4/c1-2-3-4-5-7-10-13-22-37-27-17-15-26(16-18-27)31-32-24-28(25-33-31)38-23-14-11-8-6-9-12-21-34-29(35)19-20-30(34)36/h15-20,24-25H,2-14,21-23H2,1H3. The fraction of sp³-hybridized carbons (Fsp3) is 0.548. The molecule has 3 rings (SSSR count). The molecule has 2 amide bonds. The molecule has 1 aromatic heterocycles. The highest BCUT2D eigenvalue weighted by Crippen LogP contribution is 2.21. The molecule has 0 bridgehead atoms. The molecule has 0 fully saturated rings. The lowest BCUT2D eigenvalue weighted by Crippen LogP contribution is -2.30. The first-order chi connectivity index (χ1) is 18.7. The number of imide groups is 1. The van der Waals surface area contributed by atoms with E-state index < -0.39 is 0 Å². The van der Waals surface area contributed by atoms with Gasteiger partial charge in [0.05, 0.1) is 25.6 Å². The number of carbonyl (C=O) groups excluding carboxylic acids is 2. The molecule has 38 heavy (non-hydrogen) atoms. The van der Waals surface area contributed by atoms with Crippen LogP contribution in [-0.4, -0.2) is 46.4 Å². The van der Waals surface area contributed by atoms with Crippen molar-refractivity contribution >= 4 is 11.8 Å². The first kappa shape index (κ1) is 29.3. The van der Waals surface area contributed by atoms with Crippen LogP contribution in [0.3, 0.4) is 0 Å². The van der Waals surface area contributed by atoms with E-state index in [9.17, 15) is 9.59 Å². The Balaban J connectivity index is 1.22. The first-order valence-electron chi connectivity index (χ1n) is 14.4. The summed E-state index contributed by atoms with van der Waals surface area (Å²) < 4.78 is 11.7. The lowest BCUT2D eigenvalue weighted by molar-refractivity contribution is -0.136. The van der Waals surface area contributed by atoms with Gasteiger partial charge in [-0.05, 0) is 43.5 Å². The molecular weight excluding hydrogens is 478 g/mol. The summed E-state index contributed by atoms with van der Waals surface area (Å²) in [6, 6.07) is 7.95. The second-order valence-electron chi connectivity index (χ2n) is 9.87. The van der Waals surface area contributed by atoms with Gasteiger partial charge in [-0.3, -0.25) is 14.5 Å². The molecular formula is C31H43N3O4. The highest BCUT2D eigenvalue weighted by atomic mass is 16.5. The largest absolute Gasteiger partial charge is 0.494 e. The van der Waals surface area contributed by atoms with Gasteiger partial charge in [0, 0.05) is 24.3 Å². The zero-order valence-corrected chi connectivity index (χ0v) is 22.9. The second kappa shape index (κ2) is 17.3.